The van der Waals surface area contributed by atoms with E-state index in [1.54, 1.807) is 12.4 Å². The van der Waals surface area contributed by atoms with E-state index in [2.05, 4.69) is 15.3 Å². The topological polar surface area (TPSA) is 69.0 Å². The second kappa shape index (κ2) is 6.49. The molecule has 0 aliphatic carbocycles. The van der Waals surface area contributed by atoms with Crippen LogP contribution in [0.25, 0.3) is 10.9 Å². The largest absolute Gasteiger partial charge is 0.467 e. The number of aromatic nitrogens is 3. The maximum Gasteiger partial charge on any atom is 0.316 e. The van der Waals surface area contributed by atoms with Gasteiger partial charge in [0.2, 0.25) is 0 Å². The molecule has 6 nitrogen and oxygen atoms in total. The first-order chi connectivity index (χ1) is 11.5. The standard InChI is InChI=1S/C17H17ClN4O2/c1-10(12-8-19-17(24-3)20-9-12)21-16(23)15-6-11-4-5-13(18)7-14(11)22(15)2/h4-10H,1-3H3,(H,21,23). The number of halogens is 1. The number of methoxy groups -OCH3 is 1. The van der Waals surface area contributed by atoms with E-state index < -0.39 is 0 Å². The summed E-state index contributed by atoms with van der Waals surface area (Å²) in [7, 11) is 3.35. The summed E-state index contributed by atoms with van der Waals surface area (Å²) in [4.78, 5) is 20.7. The lowest BCUT2D eigenvalue weighted by molar-refractivity contribution is 0.0932. The fourth-order valence-corrected chi connectivity index (χ4v) is 2.70. The number of amides is 1. The van der Waals surface area contributed by atoms with Gasteiger partial charge >= 0.3 is 6.01 Å². The third-order valence-corrected chi connectivity index (χ3v) is 4.15. The van der Waals surface area contributed by atoms with Gasteiger partial charge in [-0.15, -0.1) is 0 Å². The van der Waals surface area contributed by atoms with Gasteiger partial charge in [-0.25, -0.2) is 9.97 Å². The van der Waals surface area contributed by atoms with E-state index in [0.29, 0.717) is 16.7 Å². The van der Waals surface area contributed by atoms with E-state index in [1.165, 1.54) is 7.11 Å². The van der Waals surface area contributed by atoms with E-state index in [9.17, 15) is 4.79 Å². The normalized spacial score (nSPS) is 12.2. The van der Waals surface area contributed by atoms with Crippen molar-refractivity contribution in [3.63, 3.8) is 0 Å². The number of benzene rings is 1. The van der Waals surface area contributed by atoms with Gasteiger partial charge in [0.25, 0.3) is 5.91 Å². The molecule has 0 aliphatic heterocycles. The van der Waals surface area contributed by atoms with Gasteiger partial charge in [0.05, 0.1) is 13.2 Å². The lowest BCUT2D eigenvalue weighted by Gasteiger charge is -2.14. The van der Waals surface area contributed by atoms with Crippen molar-refractivity contribution in [2.24, 2.45) is 7.05 Å². The van der Waals surface area contributed by atoms with Crippen molar-refractivity contribution in [2.75, 3.05) is 7.11 Å². The maximum absolute atomic E-state index is 12.6. The van der Waals surface area contributed by atoms with Crippen molar-refractivity contribution in [3.8, 4) is 6.01 Å². The molecule has 0 bridgehead atoms. The molecule has 124 valence electrons. The summed E-state index contributed by atoms with van der Waals surface area (Å²) in [5.74, 6) is -0.173. The molecule has 1 N–H and O–H groups in total. The Hall–Kier alpha value is -2.60. The third kappa shape index (κ3) is 3.05. The second-order valence-corrected chi connectivity index (χ2v) is 5.93. The van der Waals surface area contributed by atoms with Crippen molar-refractivity contribution < 1.29 is 9.53 Å². The summed E-state index contributed by atoms with van der Waals surface area (Å²) in [5.41, 5.74) is 2.27. The molecule has 2 aromatic heterocycles. The van der Waals surface area contributed by atoms with E-state index in [-0.39, 0.29) is 11.9 Å². The highest BCUT2D eigenvalue weighted by molar-refractivity contribution is 6.31. The number of fused-ring (bicyclic) bond motifs is 1. The van der Waals surface area contributed by atoms with Crippen molar-refractivity contribution >= 4 is 28.4 Å². The Morgan fingerprint density at radius 3 is 2.67 bits per heavy atom. The first-order valence-electron chi connectivity index (χ1n) is 7.41. The summed E-state index contributed by atoms with van der Waals surface area (Å²) in [6.45, 7) is 1.88. The van der Waals surface area contributed by atoms with Crippen molar-refractivity contribution in [1.82, 2.24) is 19.9 Å². The van der Waals surface area contributed by atoms with Crippen LogP contribution in [-0.4, -0.2) is 27.6 Å². The number of aryl methyl sites for hydroxylation is 1. The molecule has 0 saturated carbocycles. The predicted molar refractivity (Wildman–Crippen MR) is 92.4 cm³/mol. The number of hydrogen-bond donors (Lipinski definition) is 1. The second-order valence-electron chi connectivity index (χ2n) is 5.49. The van der Waals surface area contributed by atoms with Crippen molar-refractivity contribution in [2.45, 2.75) is 13.0 Å². The van der Waals surface area contributed by atoms with Crippen LogP contribution in [0.3, 0.4) is 0 Å². The molecule has 1 aromatic carbocycles. The van der Waals surface area contributed by atoms with Gasteiger partial charge in [-0.3, -0.25) is 4.79 Å². The zero-order chi connectivity index (χ0) is 17.3. The van der Waals surface area contributed by atoms with Crippen LogP contribution in [0.4, 0.5) is 0 Å². The number of carbonyl (C=O) groups excluding carboxylic acids is 1. The minimum atomic E-state index is -0.231. The Morgan fingerprint density at radius 1 is 1.29 bits per heavy atom. The van der Waals surface area contributed by atoms with Crippen molar-refractivity contribution in [1.29, 1.82) is 0 Å². The van der Waals surface area contributed by atoms with Gasteiger partial charge < -0.3 is 14.6 Å². The lowest BCUT2D eigenvalue weighted by Crippen LogP contribution is -2.28. The molecule has 2 heterocycles. The number of nitrogens with one attached hydrogen (secondary N) is 1. The quantitative estimate of drug-likeness (QED) is 0.789. The van der Waals surface area contributed by atoms with Crippen LogP contribution in [0.2, 0.25) is 5.02 Å². The molecule has 7 heteroatoms. The highest BCUT2D eigenvalue weighted by atomic mass is 35.5. The highest BCUT2D eigenvalue weighted by Gasteiger charge is 2.17. The fraction of sp³-hybridized carbons (Fsp3) is 0.235. The number of ether oxygens (including phenoxy) is 1. The zero-order valence-electron chi connectivity index (χ0n) is 13.6. The van der Waals surface area contributed by atoms with Crippen molar-refractivity contribution in [3.05, 3.63) is 52.9 Å². The molecule has 0 aliphatic rings. The number of nitrogens with zero attached hydrogens (tertiary/aromatic N) is 3. The average Bonchev–Trinajstić information content (AvgIpc) is 2.91. The molecule has 24 heavy (non-hydrogen) atoms. The lowest BCUT2D eigenvalue weighted by atomic mass is 10.2. The smallest absolute Gasteiger partial charge is 0.316 e. The highest BCUT2D eigenvalue weighted by Crippen LogP contribution is 2.23. The van der Waals surface area contributed by atoms with Crippen LogP contribution in [-0.2, 0) is 7.05 Å². The maximum atomic E-state index is 12.6. The van der Waals surface area contributed by atoms with E-state index in [4.69, 9.17) is 16.3 Å². The van der Waals surface area contributed by atoms with Crippen LogP contribution in [0.1, 0.15) is 29.0 Å². The Bertz CT molecular complexity index is 889. The molecule has 3 aromatic rings. The van der Waals surface area contributed by atoms with Gasteiger partial charge in [0.1, 0.15) is 5.69 Å². The fourth-order valence-electron chi connectivity index (χ4n) is 2.53. The molecular weight excluding hydrogens is 328 g/mol. The van der Waals surface area contributed by atoms with Crippen LogP contribution in [0.15, 0.2) is 36.7 Å². The molecule has 3 rings (SSSR count). The molecule has 0 fully saturated rings. The van der Waals surface area contributed by atoms with E-state index in [1.807, 2.05) is 42.8 Å². The Balaban J connectivity index is 1.82. The molecule has 1 unspecified atom stereocenters. The van der Waals surface area contributed by atoms with Gasteiger partial charge in [-0.1, -0.05) is 17.7 Å². The van der Waals surface area contributed by atoms with Gasteiger partial charge in [0.15, 0.2) is 0 Å². The molecule has 1 amide bonds. The van der Waals surface area contributed by atoms with Crippen LogP contribution >= 0.6 is 11.6 Å². The third-order valence-electron chi connectivity index (χ3n) is 3.92. The van der Waals surface area contributed by atoms with Crippen LogP contribution in [0.5, 0.6) is 6.01 Å². The summed E-state index contributed by atoms with van der Waals surface area (Å²) < 4.78 is 6.76. The SMILES string of the molecule is COc1ncc(C(C)NC(=O)c2cc3ccc(Cl)cc3n2C)cn1. The first kappa shape index (κ1) is 16.3. The van der Waals surface area contributed by atoms with Gasteiger partial charge in [-0.05, 0) is 25.1 Å². The number of carbonyl (C=O) groups is 1. The number of hydrogen-bond acceptors (Lipinski definition) is 4. The minimum Gasteiger partial charge on any atom is -0.467 e. The molecule has 0 spiro atoms. The zero-order valence-corrected chi connectivity index (χ0v) is 14.3. The minimum absolute atomic E-state index is 0.173. The van der Waals surface area contributed by atoms with E-state index in [0.717, 1.165) is 16.5 Å². The average molecular weight is 345 g/mol. The Morgan fingerprint density at radius 2 is 2.00 bits per heavy atom. The summed E-state index contributed by atoms with van der Waals surface area (Å²) in [5, 5.41) is 4.56. The molecule has 0 radical (unpaired) electrons. The Labute approximate surface area is 144 Å². The summed E-state index contributed by atoms with van der Waals surface area (Å²) in [6, 6.07) is 7.46. The molecule has 0 saturated heterocycles. The summed E-state index contributed by atoms with van der Waals surface area (Å²) in [6.07, 6.45) is 3.27. The predicted octanol–water partition coefficient (Wildman–Crippen LogP) is 3.12. The molecular formula is C17H17ClN4O2. The van der Waals surface area contributed by atoms with Crippen LogP contribution in [0, 0.1) is 0 Å². The monoisotopic (exact) mass is 344 g/mol. The van der Waals surface area contributed by atoms with Gasteiger partial charge in [0, 0.05) is 40.9 Å². The Kier molecular flexibility index (Phi) is 4.40. The van der Waals surface area contributed by atoms with Gasteiger partial charge in [-0.2, -0.15) is 0 Å². The van der Waals surface area contributed by atoms with Crippen LogP contribution < -0.4 is 10.1 Å². The van der Waals surface area contributed by atoms with E-state index >= 15 is 0 Å². The first-order valence-corrected chi connectivity index (χ1v) is 7.79. The molecule has 1 atom stereocenters. The summed E-state index contributed by atoms with van der Waals surface area (Å²) >= 11 is 6.03. The number of rotatable bonds is 4.